The highest BCUT2D eigenvalue weighted by Crippen LogP contribution is 2.36. The molecule has 0 saturated carbocycles. The van der Waals surface area contributed by atoms with Gasteiger partial charge >= 0.3 is 6.03 Å². The predicted octanol–water partition coefficient (Wildman–Crippen LogP) is 4.06. The molecule has 9 heteroatoms. The Hall–Kier alpha value is -3.59. The second kappa shape index (κ2) is 9.72. The number of likely N-dealkylation sites (N-methyl/N-ethyl adjacent to an activating group) is 1. The van der Waals surface area contributed by atoms with E-state index < -0.39 is 23.2 Å². The second-order valence-corrected chi connectivity index (χ2v) is 8.63. The Bertz CT molecular complexity index is 1170. The number of amides is 2. The standard InChI is InChI=1S/C25H27F2N5O2/c1-18(4-3-5-19-6-9-21(10-7-19)32-13-12-30(2)24(32)33)25(34,15-31-17-28-16-29-31)22-11-8-20(26)14-23(22)27/h3,5-11,14,16-18,34H,4,12-13,15H2,1-2H3/b5-3+/t18-,25+/m0/s1. The molecular weight excluding hydrogens is 440 g/mol. The predicted molar refractivity (Wildman–Crippen MR) is 125 cm³/mol. The number of carbonyl (C=O) groups is 1. The quantitative estimate of drug-likeness (QED) is 0.542. The number of halogens is 2. The van der Waals surface area contributed by atoms with E-state index in [0.717, 1.165) is 23.4 Å². The molecule has 178 valence electrons. The highest BCUT2D eigenvalue weighted by molar-refractivity contribution is 5.94. The third-order valence-corrected chi connectivity index (χ3v) is 6.30. The molecule has 2 atom stereocenters. The van der Waals surface area contributed by atoms with Crippen molar-refractivity contribution in [3.05, 3.63) is 84.0 Å². The fourth-order valence-electron chi connectivity index (χ4n) is 4.16. The molecule has 1 N–H and O–H groups in total. The minimum Gasteiger partial charge on any atom is -0.383 e. The Morgan fingerprint density at radius 2 is 1.94 bits per heavy atom. The summed E-state index contributed by atoms with van der Waals surface area (Å²) in [6.45, 7) is 3.14. The monoisotopic (exact) mass is 467 g/mol. The maximum absolute atomic E-state index is 14.6. The molecule has 2 amide bonds. The van der Waals surface area contributed by atoms with E-state index in [1.807, 2.05) is 43.3 Å². The molecule has 2 heterocycles. The van der Waals surface area contributed by atoms with E-state index in [-0.39, 0.29) is 18.1 Å². The zero-order valence-corrected chi connectivity index (χ0v) is 19.1. The van der Waals surface area contributed by atoms with Crippen LogP contribution in [0.25, 0.3) is 6.08 Å². The molecule has 0 bridgehead atoms. The van der Waals surface area contributed by atoms with Crippen molar-refractivity contribution >= 4 is 17.8 Å². The molecule has 7 nitrogen and oxygen atoms in total. The van der Waals surface area contributed by atoms with Gasteiger partial charge in [-0.25, -0.2) is 23.2 Å². The highest BCUT2D eigenvalue weighted by Gasteiger charge is 2.38. The van der Waals surface area contributed by atoms with Gasteiger partial charge in [0.15, 0.2) is 0 Å². The lowest BCUT2D eigenvalue weighted by atomic mass is 9.80. The van der Waals surface area contributed by atoms with Crippen LogP contribution in [0.1, 0.15) is 24.5 Å². The first-order chi connectivity index (χ1) is 16.3. The fourth-order valence-corrected chi connectivity index (χ4v) is 4.16. The molecule has 1 aromatic heterocycles. The summed E-state index contributed by atoms with van der Waals surface area (Å²) in [7, 11) is 1.78. The normalized spacial score (nSPS) is 16.9. The number of aliphatic hydroxyl groups is 1. The molecule has 0 radical (unpaired) electrons. The first kappa shape index (κ1) is 23.6. The smallest absolute Gasteiger partial charge is 0.324 e. The molecule has 1 aliphatic rings. The number of anilines is 1. The van der Waals surface area contributed by atoms with E-state index in [2.05, 4.69) is 10.1 Å². The minimum absolute atomic E-state index is 0.00917. The zero-order chi connectivity index (χ0) is 24.3. The van der Waals surface area contributed by atoms with Gasteiger partial charge in [0.25, 0.3) is 0 Å². The van der Waals surface area contributed by atoms with Crippen LogP contribution in [0.5, 0.6) is 0 Å². The first-order valence-corrected chi connectivity index (χ1v) is 11.1. The second-order valence-electron chi connectivity index (χ2n) is 8.63. The maximum atomic E-state index is 14.6. The number of benzene rings is 2. The Morgan fingerprint density at radius 1 is 1.18 bits per heavy atom. The van der Waals surface area contributed by atoms with Gasteiger partial charge in [0.2, 0.25) is 0 Å². The third kappa shape index (κ3) is 4.84. The van der Waals surface area contributed by atoms with Crippen molar-refractivity contribution in [1.82, 2.24) is 19.7 Å². The van der Waals surface area contributed by atoms with E-state index >= 15 is 0 Å². The minimum atomic E-state index is -1.64. The molecule has 0 spiro atoms. The van der Waals surface area contributed by atoms with Gasteiger partial charge in [0, 0.05) is 37.5 Å². The van der Waals surface area contributed by atoms with Crippen molar-refractivity contribution < 1.29 is 18.7 Å². The highest BCUT2D eigenvalue weighted by atomic mass is 19.1. The fraction of sp³-hybridized carbons (Fsp3) is 0.320. The number of hydrogen-bond acceptors (Lipinski definition) is 4. The molecule has 0 aliphatic carbocycles. The summed E-state index contributed by atoms with van der Waals surface area (Å²) in [6, 6.07) is 10.8. The number of allylic oxidation sites excluding steroid dienone is 1. The van der Waals surface area contributed by atoms with Crippen LogP contribution in [0.3, 0.4) is 0 Å². The average Bonchev–Trinajstić information content (AvgIpc) is 3.44. The van der Waals surface area contributed by atoms with E-state index in [4.69, 9.17) is 0 Å². The van der Waals surface area contributed by atoms with Crippen molar-refractivity contribution in [3.63, 3.8) is 0 Å². The third-order valence-electron chi connectivity index (χ3n) is 6.30. The van der Waals surface area contributed by atoms with Gasteiger partial charge in [0.1, 0.15) is 29.9 Å². The van der Waals surface area contributed by atoms with E-state index in [1.54, 1.807) is 16.8 Å². The van der Waals surface area contributed by atoms with Gasteiger partial charge in [-0.15, -0.1) is 0 Å². The van der Waals surface area contributed by atoms with E-state index in [0.29, 0.717) is 19.5 Å². The number of nitrogens with zero attached hydrogens (tertiary/aromatic N) is 5. The molecule has 4 rings (SSSR count). The number of hydrogen-bond donors (Lipinski definition) is 1. The summed E-state index contributed by atoms with van der Waals surface area (Å²) < 4.78 is 29.6. The van der Waals surface area contributed by atoms with Gasteiger partial charge in [-0.1, -0.05) is 37.3 Å². The number of carbonyl (C=O) groups excluding carboxylic acids is 1. The summed E-state index contributed by atoms with van der Waals surface area (Å²) in [5, 5.41) is 15.6. The Balaban J connectivity index is 1.49. The van der Waals surface area contributed by atoms with Crippen LogP contribution >= 0.6 is 0 Å². The van der Waals surface area contributed by atoms with Crippen molar-refractivity contribution in [2.24, 2.45) is 5.92 Å². The van der Waals surface area contributed by atoms with Crippen LogP contribution in [0.15, 0.2) is 61.2 Å². The van der Waals surface area contributed by atoms with Crippen molar-refractivity contribution in [3.8, 4) is 0 Å². The lowest BCUT2D eigenvalue weighted by Gasteiger charge is -2.34. The zero-order valence-electron chi connectivity index (χ0n) is 19.1. The van der Waals surface area contributed by atoms with Crippen molar-refractivity contribution in [2.75, 3.05) is 25.0 Å². The molecule has 34 heavy (non-hydrogen) atoms. The lowest BCUT2D eigenvalue weighted by molar-refractivity contribution is -0.0379. The summed E-state index contributed by atoms with van der Waals surface area (Å²) in [6.07, 6.45) is 7.03. The number of aromatic nitrogens is 3. The van der Waals surface area contributed by atoms with Crippen LogP contribution in [0.4, 0.5) is 19.3 Å². The van der Waals surface area contributed by atoms with E-state index in [9.17, 15) is 18.7 Å². The molecule has 1 fully saturated rings. The molecule has 1 aliphatic heterocycles. The molecule has 0 unspecified atom stereocenters. The van der Waals surface area contributed by atoms with Crippen molar-refractivity contribution in [1.29, 1.82) is 0 Å². The van der Waals surface area contributed by atoms with Gasteiger partial charge in [-0.05, 0) is 36.1 Å². The average molecular weight is 468 g/mol. The van der Waals surface area contributed by atoms with Crippen LogP contribution < -0.4 is 4.90 Å². The Kier molecular flexibility index (Phi) is 6.74. The van der Waals surface area contributed by atoms with E-state index in [1.165, 1.54) is 23.4 Å². The number of rotatable bonds is 8. The van der Waals surface area contributed by atoms with Crippen LogP contribution in [-0.2, 0) is 12.1 Å². The summed E-state index contributed by atoms with van der Waals surface area (Å²) in [4.78, 5) is 19.5. The van der Waals surface area contributed by atoms with Crippen molar-refractivity contribution in [2.45, 2.75) is 25.5 Å². The molecular formula is C25H27F2N5O2. The van der Waals surface area contributed by atoms with Crippen LogP contribution in [0.2, 0.25) is 0 Å². The Labute approximate surface area is 196 Å². The van der Waals surface area contributed by atoms with Gasteiger partial charge in [0.05, 0.1) is 6.54 Å². The van der Waals surface area contributed by atoms with Crippen LogP contribution in [0, 0.1) is 17.6 Å². The molecule has 3 aromatic rings. The summed E-state index contributed by atoms with van der Waals surface area (Å²) >= 11 is 0. The lowest BCUT2D eigenvalue weighted by Crippen LogP contribution is -2.39. The Morgan fingerprint density at radius 3 is 2.56 bits per heavy atom. The van der Waals surface area contributed by atoms with Gasteiger partial charge in [-0.3, -0.25) is 4.90 Å². The van der Waals surface area contributed by atoms with Crippen LogP contribution in [-0.4, -0.2) is 50.9 Å². The van der Waals surface area contributed by atoms with Gasteiger partial charge in [-0.2, -0.15) is 5.10 Å². The first-order valence-electron chi connectivity index (χ1n) is 11.1. The van der Waals surface area contributed by atoms with Gasteiger partial charge < -0.3 is 10.0 Å². The SMILES string of the molecule is C[C@@H](C/C=C/c1ccc(N2CCN(C)C2=O)cc1)[C@](O)(Cn1cncn1)c1ccc(F)cc1F. The summed E-state index contributed by atoms with van der Waals surface area (Å²) in [5.74, 6) is -1.94. The molecule has 1 saturated heterocycles. The topological polar surface area (TPSA) is 74.5 Å². The maximum Gasteiger partial charge on any atom is 0.324 e. The largest absolute Gasteiger partial charge is 0.383 e. The molecule has 2 aromatic carbocycles. The summed E-state index contributed by atoms with van der Waals surface area (Å²) in [5.41, 5.74) is 0.148. The number of urea groups is 1.